The smallest absolute Gasteiger partial charge is 0.311 e. The molecule has 1 aromatic carbocycles. The lowest BCUT2D eigenvalue weighted by Gasteiger charge is -2.16. The molecule has 0 radical (unpaired) electrons. The highest BCUT2D eigenvalue weighted by Crippen LogP contribution is 2.30. The Balaban J connectivity index is 2.80. The summed E-state index contributed by atoms with van der Waals surface area (Å²) in [5.41, 5.74) is 0.648. The van der Waals surface area contributed by atoms with Crippen LogP contribution in [-0.2, 0) is 0 Å². The first-order valence-electron chi connectivity index (χ1n) is 6.78. The standard InChI is InChI=1S/C14H22N2O4/c1-4-7-20-14-8-11(5-6-12(14)16(18)19)15-9-13(17)10(2)3/h5-6,8,10,13,15,17H,4,7,9H2,1-3H3. The van der Waals surface area contributed by atoms with E-state index >= 15 is 0 Å². The van der Waals surface area contributed by atoms with Crippen molar-refractivity contribution in [3.8, 4) is 5.75 Å². The van der Waals surface area contributed by atoms with E-state index < -0.39 is 11.0 Å². The molecule has 1 aromatic rings. The van der Waals surface area contributed by atoms with Gasteiger partial charge in [-0.3, -0.25) is 10.1 Å². The quantitative estimate of drug-likeness (QED) is 0.565. The topological polar surface area (TPSA) is 84.6 Å². The number of aliphatic hydroxyl groups is 1. The third-order valence-corrected chi connectivity index (χ3v) is 2.90. The number of nitro groups is 1. The highest BCUT2D eigenvalue weighted by molar-refractivity contribution is 5.58. The van der Waals surface area contributed by atoms with Crippen LogP contribution in [0.3, 0.4) is 0 Å². The maximum absolute atomic E-state index is 10.9. The van der Waals surface area contributed by atoms with E-state index in [9.17, 15) is 15.2 Å². The molecule has 0 spiro atoms. The van der Waals surface area contributed by atoms with Crippen LogP contribution in [0, 0.1) is 16.0 Å². The van der Waals surface area contributed by atoms with Crippen molar-refractivity contribution in [2.75, 3.05) is 18.5 Å². The van der Waals surface area contributed by atoms with Crippen LogP contribution < -0.4 is 10.1 Å². The molecular weight excluding hydrogens is 260 g/mol. The molecule has 0 fully saturated rings. The second-order valence-corrected chi connectivity index (χ2v) is 4.98. The van der Waals surface area contributed by atoms with Crippen molar-refractivity contribution in [1.29, 1.82) is 0 Å². The van der Waals surface area contributed by atoms with Gasteiger partial charge < -0.3 is 15.2 Å². The largest absolute Gasteiger partial charge is 0.487 e. The van der Waals surface area contributed by atoms with Gasteiger partial charge in [-0.25, -0.2) is 0 Å². The number of anilines is 1. The van der Waals surface area contributed by atoms with Crippen LogP contribution in [0.4, 0.5) is 11.4 Å². The normalized spacial score (nSPS) is 12.2. The summed E-state index contributed by atoms with van der Waals surface area (Å²) in [6.07, 6.45) is 0.311. The van der Waals surface area contributed by atoms with E-state index in [4.69, 9.17) is 4.74 Å². The van der Waals surface area contributed by atoms with Gasteiger partial charge in [-0.2, -0.15) is 0 Å². The highest BCUT2D eigenvalue weighted by Gasteiger charge is 2.16. The molecule has 20 heavy (non-hydrogen) atoms. The fourth-order valence-corrected chi connectivity index (χ4v) is 1.56. The molecule has 1 unspecified atom stereocenters. The van der Waals surface area contributed by atoms with Gasteiger partial charge in [-0.05, 0) is 18.4 Å². The lowest BCUT2D eigenvalue weighted by molar-refractivity contribution is -0.385. The first-order valence-corrected chi connectivity index (χ1v) is 6.78. The zero-order chi connectivity index (χ0) is 15.1. The van der Waals surface area contributed by atoms with E-state index in [1.165, 1.54) is 6.07 Å². The van der Waals surface area contributed by atoms with Gasteiger partial charge in [-0.1, -0.05) is 20.8 Å². The number of aliphatic hydroxyl groups excluding tert-OH is 1. The van der Waals surface area contributed by atoms with Gasteiger partial charge in [0.2, 0.25) is 0 Å². The summed E-state index contributed by atoms with van der Waals surface area (Å²) in [5, 5.41) is 23.7. The summed E-state index contributed by atoms with van der Waals surface area (Å²) in [7, 11) is 0. The van der Waals surface area contributed by atoms with Gasteiger partial charge in [-0.15, -0.1) is 0 Å². The van der Waals surface area contributed by atoms with Crippen molar-refractivity contribution in [3.05, 3.63) is 28.3 Å². The second-order valence-electron chi connectivity index (χ2n) is 4.98. The number of rotatable bonds is 8. The Morgan fingerprint density at radius 2 is 2.15 bits per heavy atom. The third-order valence-electron chi connectivity index (χ3n) is 2.90. The molecule has 6 nitrogen and oxygen atoms in total. The minimum Gasteiger partial charge on any atom is -0.487 e. The van der Waals surface area contributed by atoms with Crippen molar-refractivity contribution in [3.63, 3.8) is 0 Å². The molecule has 2 N–H and O–H groups in total. The van der Waals surface area contributed by atoms with Crippen LogP contribution in [0.1, 0.15) is 27.2 Å². The van der Waals surface area contributed by atoms with Gasteiger partial charge in [0.05, 0.1) is 17.6 Å². The minimum atomic E-state index is -0.467. The fraction of sp³-hybridized carbons (Fsp3) is 0.571. The average molecular weight is 282 g/mol. The average Bonchev–Trinajstić information content (AvgIpc) is 2.42. The Morgan fingerprint density at radius 1 is 1.45 bits per heavy atom. The Kier molecular flexibility index (Phi) is 6.24. The van der Waals surface area contributed by atoms with Crippen molar-refractivity contribution in [2.45, 2.75) is 33.3 Å². The molecule has 0 bridgehead atoms. The summed E-state index contributed by atoms with van der Waals surface area (Å²) < 4.78 is 5.40. The van der Waals surface area contributed by atoms with Crippen LogP contribution in [-0.4, -0.2) is 29.3 Å². The number of hydrogen-bond donors (Lipinski definition) is 2. The Labute approximate surface area is 118 Å². The first kappa shape index (κ1) is 16.2. The van der Waals surface area contributed by atoms with E-state index in [0.717, 1.165) is 6.42 Å². The SMILES string of the molecule is CCCOc1cc(NCC(O)C(C)C)ccc1[N+](=O)[O-]. The minimum absolute atomic E-state index is 0.0478. The Bertz CT molecular complexity index is 449. The molecule has 0 aliphatic carbocycles. The number of hydrogen-bond acceptors (Lipinski definition) is 5. The summed E-state index contributed by atoms with van der Waals surface area (Å²) in [5.74, 6) is 0.400. The zero-order valence-electron chi connectivity index (χ0n) is 12.1. The Morgan fingerprint density at radius 3 is 2.70 bits per heavy atom. The van der Waals surface area contributed by atoms with E-state index in [2.05, 4.69) is 5.32 Å². The van der Waals surface area contributed by atoms with E-state index in [1.807, 2.05) is 20.8 Å². The van der Waals surface area contributed by atoms with Crippen LogP contribution >= 0.6 is 0 Å². The van der Waals surface area contributed by atoms with Gasteiger partial charge in [0.15, 0.2) is 5.75 Å². The van der Waals surface area contributed by atoms with Gasteiger partial charge in [0, 0.05) is 24.4 Å². The summed E-state index contributed by atoms with van der Waals surface area (Å²) in [6, 6.07) is 4.62. The second kappa shape index (κ2) is 7.69. The molecule has 1 rings (SSSR count). The van der Waals surface area contributed by atoms with Crippen molar-refractivity contribution < 1.29 is 14.8 Å². The molecule has 0 heterocycles. The molecule has 0 aliphatic heterocycles. The molecular formula is C14H22N2O4. The predicted octanol–water partition coefficient (Wildman–Crippen LogP) is 2.81. The number of nitro benzene ring substituents is 1. The third kappa shape index (κ3) is 4.70. The zero-order valence-corrected chi connectivity index (χ0v) is 12.1. The van der Waals surface area contributed by atoms with Crippen LogP contribution in [0.15, 0.2) is 18.2 Å². The van der Waals surface area contributed by atoms with Crippen LogP contribution in [0.2, 0.25) is 0 Å². The number of nitrogens with one attached hydrogen (secondary N) is 1. The molecule has 6 heteroatoms. The van der Waals surface area contributed by atoms with Gasteiger partial charge in [0.1, 0.15) is 0 Å². The summed E-state index contributed by atoms with van der Waals surface area (Å²) in [4.78, 5) is 10.5. The number of nitrogens with zero attached hydrogens (tertiary/aromatic N) is 1. The number of ether oxygens (including phenoxy) is 1. The molecule has 0 amide bonds. The summed E-state index contributed by atoms with van der Waals surface area (Å²) in [6.45, 7) is 6.62. The number of benzene rings is 1. The van der Waals surface area contributed by atoms with Crippen molar-refractivity contribution in [2.24, 2.45) is 5.92 Å². The lowest BCUT2D eigenvalue weighted by Crippen LogP contribution is -2.24. The maximum Gasteiger partial charge on any atom is 0.311 e. The molecule has 1 atom stereocenters. The molecule has 112 valence electrons. The maximum atomic E-state index is 10.9. The molecule has 0 aliphatic rings. The van der Waals surface area contributed by atoms with Crippen LogP contribution in [0.5, 0.6) is 5.75 Å². The van der Waals surface area contributed by atoms with Crippen LogP contribution in [0.25, 0.3) is 0 Å². The van der Waals surface area contributed by atoms with Gasteiger partial charge in [0.25, 0.3) is 0 Å². The van der Waals surface area contributed by atoms with E-state index in [0.29, 0.717) is 18.8 Å². The molecule has 0 aromatic heterocycles. The van der Waals surface area contributed by atoms with Gasteiger partial charge >= 0.3 is 5.69 Å². The monoisotopic (exact) mass is 282 g/mol. The summed E-state index contributed by atoms with van der Waals surface area (Å²) >= 11 is 0. The van der Waals surface area contributed by atoms with Crippen molar-refractivity contribution in [1.82, 2.24) is 0 Å². The molecule has 0 saturated heterocycles. The lowest BCUT2D eigenvalue weighted by atomic mass is 10.1. The van der Waals surface area contributed by atoms with E-state index in [-0.39, 0.29) is 17.4 Å². The molecule has 0 saturated carbocycles. The van der Waals surface area contributed by atoms with Crippen molar-refractivity contribution >= 4 is 11.4 Å². The Hall–Kier alpha value is -1.82. The highest BCUT2D eigenvalue weighted by atomic mass is 16.6. The fourth-order valence-electron chi connectivity index (χ4n) is 1.56. The van der Waals surface area contributed by atoms with E-state index in [1.54, 1.807) is 12.1 Å². The first-order chi connectivity index (χ1) is 9.45. The predicted molar refractivity (Wildman–Crippen MR) is 78.2 cm³/mol.